The van der Waals surface area contributed by atoms with Gasteiger partial charge in [-0.2, -0.15) is 0 Å². The van der Waals surface area contributed by atoms with Gasteiger partial charge in [-0.1, -0.05) is 28.1 Å². The third kappa shape index (κ3) is 3.51. The van der Waals surface area contributed by atoms with Gasteiger partial charge >= 0.3 is 0 Å². The quantitative estimate of drug-likeness (QED) is 0.867. The summed E-state index contributed by atoms with van der Waals surface area (Å²) in [7, 11) is -3.83. The highest BCUT2D eigenvalue weighted by Gasteiger charge is 2.15. The summed E-state index contributed by atoms with van der Waals surface area (Å²) in [4.78, 5) is 3.31. The summed E-state index contributed by atoms with van der Waals surface area (Å²) in [6, 6.07) is 7.83. The van der Waals surface area contributed by atoms with Crippen molar-refractivity contribution >= 4 is 31.6 Å². The Labute approximate surface area is 118 Å². The largest absolute Gasteiger partial charge is 0.280 e. The number of aromatic nitrogens is 1. The van der Waals surface area contributed by atoms with E-state index >= 15 is 0 Å². The van der Waals surface area contributed by atoms with Crippen molar-refractivity contribution in [1.82, 2.24) is 4.98 Å². The van der Waals surface area contributed by atoms with Gasteiger partial charge in [-0.3, -0.25) is 9.71 Å². The Bertz CT molecular complexity index is 692. The van der Waals surface area contributed by atoms with Crippen LogP contribution in [0.25, 0.3) is 0 Å². The lowest BCUT2D eigenvalue weighted by Gasteiger charge is -2.08. The fraction of sp³-hybridized carbons (Fsp3) is 0.0833. The number of hydrogen-bond donors (Lipinski definition) is 1. The number of benzene rings is 1. The van der Waals surface area contributed by atoms with Gasteiger partial charge < -0.3 is 0 Å². The standard InChI is InChI=1S/C12H10BrFN2O2S/c13-6-9-2-1-3-11(4-9)16-19(17,18)12-5-10(14)7-15-8-12/h1-5,7-8,16H,6H2. The van der Waals surface area contributed by atoms with Crippen molar-refractivity contribution in [3.63, 3.8) is 0 Å². The van der Waals surface area contributed by atoms with Crippen LogP contribution in [-0.4, -0.2) is 13.4 Å². The fourth-order valence-corrected chi connectivity index (χ4v) is 2.84. The molecular weight excluding hydrogens is 335 g/mol. The minimum Gasteiger partial charge on any atom is -0.280 e. The zero-order valence-electron chi connectivity index (χ0n) is 9.68. The van der Waals surface area contributed by atoms with Crippen molar-refractivity contribution in [2.45, 2.75) is 10.2 Å². The number of anilines is 1. The number of pyridine rings is 1. The molecule has 1 aromatic heterocycles. The summed E-state index contributed by atoms with van der Waals surface area (Å²) in [6.45, 7) is 0. The van der Waals surface area contributed by atoms with E-state index in [1.807, 2.05) is 6.07 Å². The second-order valence-corrected chi connectivity index (χ2v) is 6.02. The number of hydrogen-bond acceptors (Lipinski definition) is 3. The second-order valence-electron chi connectivity index (χ2n) is 3.78. The van der Waals surface area contributed by atoms with E-state index in [0.717, 1.165) is 24.0 Å². The van der Waals surface area contributed by atoms with Crippen LogP contribution >= 0.6 is 15.9 Å². The van der Waals surface area contributed by atoms with Gasteiger partial charge in [0.25, 0.3) is 10.0 Å². The summed E-state index contributed by atoms with van der Waals surface area (Å²) in [5.74, 6) is -0.697. The molecule has 100 valence electrons. The summed E-state index contributed by atoms with van der Waals surface area (Å²) >= 11 is 3.29. The first kappa shape index (κ1) is 14.0. The van der Waals surface area contributed by atoms with Gasteiger partial charge in [0.2, 0.25) is 0 Å². The smallest absolute Gasteiger partial charge is 0.263 e. The molecular formula is C12H10BrFN2O2S. The minimum absolute atomic E-state index is 0.211. The van der Waals surface area contributed by atoms with Gasteiger partial charge in [-0.15, -0.1) is 0 Å². The Morgan fingerprint density at radius 1 is 1.26 bits per heavy atom. The SMILES string of the molecule is O=S(=O)(Nc1cccc(CBr)c1)c1cncc(F)c1. The summed E-state index contributed by atoms with van der Waals surface area (Å²) < 4.78 is 39.4. The maximum Gasteiger partial charge on any atom is 0.263 e. The summed E-state index contributed by atoms with van der Waals surface area (Å²) in [6.07, 6.45) is 2.05. The van der Waals surface area contributed by atoms with Crippen LogP contribution in [0.3, 0.4) is 0 Å². The van der Waals surface area contributed by atoms with Crippen molar-refractivity contribution < 1.29 is 12.8 Å². The molecule has 1 heterocycles. The number of alkyl halides is 1. The molecule has 0 aliphatic carbocycles. The van der Waals surface area contributed by atoms with E-state index in [-0.39, 0.29) is 4.90 Å². The number of nitrogens with one attached hydrogen (secondary N) is 1. The average molecular weight is 345 g/mol. The molecule has 0 radical (unpaired) electrons. The third-order valence-electron chi connectivity index (χ3n) is 2.32. The molecule has 2 aromatic rings. The molecule has 0 aliphatic heterocycles. The van der Waals surface area contributed by atoms with Gasteiger partial charge in [0.05, 0.1) is 6.20 Å². The van der Waals surface area contributed by atoms with Crippen LogP contribution in [0, 0.1) is 5.82 Å². The van der Waals surface area contributed by atoms with Crippen LogP contribution in [0.2, 0.25) is 0 Å². The highest BCUT2D eigenvalue weighted by atomic mass is 79.9. The molecule has 0 bridgehead atoms. The van der Waals surface area contributed by atoms with E-state index in [1.54, 1.807) is 18.2 Å². The lowest BCUT2D eigenvalue weighted by Crippen LogP contribution is -2.13. The fourth-order valence-electron chi connectivity index (χ4n) is 1.47. The lowest BCUT2D eigenvalue weighted by molar-refractivity contribution is 0.592. The Kier molecular flexibility index (Phi) is 4.16. The van der Waals surface area contributed by atoms with Gasteiger partial charge in [0.15, 0.2) is 0 Å². The highest BCUT2D eigenvalue weighted by Crippen LogP contribution is 2.18. The normalized spacial score (nSPS) is 11.3. The van der Waals surface area contributed by atoms with Gasteiger partial charge in [0, 0.05) is 17.2 Å². The minimum atomic E-state index is -3.83. The van der Waals surface area contributed by atoms with Crippen LogP contribution in [-0.2, 0) is 15.4 Å². The van der Waals surface area contributed by atoms with E-state index in [2.05, 4.69) is 25.6 Å². The van der Waals surface area contributed by atoms with Crippen LogP contribution in [0.1, 0.15) is 5.56 Å². The van der Waals surface area contributed by atoms with Crippen molar-refractivity contribution in [3.8, 4) is 0 Å². The summed E-state index contributed by atoms with van der Waals surface area (Å²) in [5, 5.41) is 0.615. The molecule has 7 heteroatoms. The number of nitrogens with zero attached hydrogens (tertiary/aromatic N) is 1. The highest BCUT2D eigenvalue weighted by molar-refractivity contribution is 9.08. The first-order valence-electron chi connectivity index (χ1n) is 5.29. The van der Waals surface area contributed by atoms with Crippen LogP contribution in [0.4, 0.5) is 10.1 Å². The number of sulfonamides is 1. The van der Waals surface area contributed by atoms with E-state index in [9.17, 15) is 12.8 Å². The maximum absolute atomic E-state index is 13.0. The second kappa shape index (κ2) is 5.66. The molecule has 0 unspecified atom stereocenters. The lowest BCUT2D eigenvalue weighted by atomic mass is 10.2. The van der Waals surface area contributed by atoms with E-state index in [1.165, 1.54) is 0 Å². The Balaban J connectivity index is 2.31. The van der Waals surface area contributed by atoms with Crippen molar-refractivity contribution in [3.05, 3.63) is 54.1 Å². The molecule has 1 aromatic carbocycles. The topological polar surface area (TPSA) is 59.1 Å². The van der Waals surface area contributed by atoms with Crippen LogP contribution in [0.15, 0.2) is 47.6 Å². The van der Waals surface area contributed by atoms with Gasteiger partial charge in [0.1, 0.15) is 10.7 Å². The molecule has 2 rings (SSSR count). The van der Waals surface area contributed by atoms with Gasteiger partial charge in [-0.25, -0.2) is 12.8 Å². The molecule has 0 fully saturated rings. The molecule has 0 spiro atoms. The molecule has 19 heavy (non-hydrogen) atoms. The van der Waals surface area contributed by atoms with E-state index in [0.29, 0.717) is 11.0 Å². The first-order valence-corrected chi connectivity index (χ1v) is 7.90. The van der Waals surface area contributed by atoms with Crippen LogP contribution < -0.4 is 4.72 Å². The van der Waals surface area contributed by atoms with Crippen molar-refractivity contribution in [2.24, 2.45) is 0 Å². The van der Waals surface area contributed by atoms with E-state index in [4.69, 9.17) is 0 Å². The molecule has 0 saturated carbocycles. The monoisotopic (exact) mass is 344 g/mol. The van der Waals surface area contributed by atoms with E-state index < -0.39 is 15.8 Å². The Hall–Kier alpha value is -1.47. The Morgan fingerprint density at radius 3 is 2.74 bits per heavy atom. The zero-order valence-corrected chi connectivity index (χ0v) is 12.1. The molecule has 0 aliphatic rings. The first-order chi connectivity index (χ1) is 9.01. The predicted molar refractivity (Wildman–Crippen MR) is 74.1 cm³/mol. The number of halogens is 2. The van der Waals surface area contributed by atoms with Crippen molar-refractivity contribution in [2.75, 3.05) is 4.72 Å². The summed E-state index contributed by atoms with van der Waals surface area (Å²) in [5.41, 5.74) is 1.35. The molecule has 0 atom stereocenters. The molecule has 0 saturated heterocycles. The molecule has 1 N–H and O–H groups in total. The third-order valence-corrected chi connectivity index (χ3v) is 4.32. The average Bonchev–Trinajstić information content (AvgIpc) is 2.38. The Morgan fingerprint density at radius 2 is 2.05 bits per heavy atom. The zero-order chi connectivity index (χ0) is 13.9. The number of rotatable bonds is 4. The van der Waals surface area contributed by atoms with Crippen molar-refractivity contribution in [1.29, 1.82) is 0 Å². The predicted octanol–water partition coefficient (Wildman–Crippen LogP) is 2.92. The van der Waals surface area contributed by atoms with Gasteiger partial charge in [-0.05, 0) is 23.8 Å². The molecule has 0 amide bonds. The molecule has 4 nitrogen and oxygen atoms in total. The maximum atomic E-state index is 13.0. The van der Waals surface area contributed by atoms with Crippen LogP contribution in [0.5, 0.6) is 0 Å².